The van der Waals surface area contributed by atoms with Gasteiger partial charge in [0, 0.05) is 30.3 Å². The smallest absolute Gasteiger partial charge is 0.255 e. The normalized spacial score (nSPS) is 10.7. The number of thiazole rings is 1. The Balaban J connectivity index is 1.42. The van der Waals surface area contributed by atoms with Crippen LogP contribution in [-0.2, 0) is 11.2 Å². The van der Waals surface area contributed by atoms with E-state index in [1.165, 1.54) is 11.6 Å². The molecule has 0 saturated heterocycles. The minimum absolute atomic E-state index is 0.175. The Morgan fingerprint density at radius 3 is 2.45 bits per heavy atom. The van der Waals surface area contributed by atoms with Gasteiger partial charge in [0.05, 0.1) is 15.2 Å². The van der Waals surface area contributed by atoms with Crippen molar-refractivity contribution < 1.29 is 9.59 Å². The summed E-state index contributed by atoms with van der Waals surface area (Å²) in [5.74, 6) is -0.401. The molecule has 0 unspecified atom stereocenters. The first-order valence-corrected chi connectivity index (χ1v) is 10.0. The van der Waals surface area contributed by atoms with Gasteiger partial charge in [-0.15, -0.1) is 11.3 Å². The van der Waals surface area contributed by atoms with Crippen LogP contribution in [0.3, 0.4) is 0 Å². The number of para-hydroxylation sites is 1. The number of amides is 2. The van der Waals surface area contributed by atoms with E-state index in [-0.39, 0.29) is 11.8 Å². The van der Waals surface area contributed by atoms with E-state index >= 15 is 0 Å². The number of hydrogen-bond donors (Lipinski definition) is 2. The molecule has 0 aliphatic heterocycles. The van der Waals surface area contributed by atoms with Crippen molar-refractivity contribution in [1.82, 2.24) is 4.98 Å². The standard InChI is InChI=1S/C23H19N3O2S/c1-15(27)24-19-6-4-5-17(14-19)23(28)25-18-11-9-16(10-12-18)13-22-26-20-7-2-3-8-21(20)29-22/h2-12,14H,13H2,1H3,(H,24,27)(H,25,28). The molecule has 2 amide bonds. The van der Waals surface area contributed by atoms with Gasteiger partial charge in [-0.05, 0) is 48.0 Å². The van der Waals surface area contributed by atoms with Crippen molar-refractivity contribution in [2.45, 2.75) is 13.3 Å². The third-order valence-corrected chi connectivity index (χ3v) is 5.39. The highest BCUT2D eigenvalue weighted by atomic mass is 32.1. The number of nitrogens with one attached hydrogen (secondary N) is 2. The molecule has 0 bridgehead atoms. The van der Waals surface area contributed by atoms with E-state index in [1.807, 2.05) is 42.5 Å². The summed E-state index contributed by atoms with van der Waals surface area (Å²) in [5.41, 5.74) is 3.95. The van der Waals surface area contributed by atoms with E-state index in [4.69, 9.17) is 0 Å². The van der Waals surface area contributed by atoms with Crippen molar-refractivity contribution in [3.05, 3.63) is 88.9 Å². The van der Waals surface area contributed by atoms with E-state index in [1.54, 1.807) is 35.6 Å². The zero-order valence-corrected chi connectivity index (χ0v) is 16.6. The summed E-state index contributed by atoms with van der Waals surface area (Å²) in [5, 5.41) is 6.63. The molecule has 0 aliphatic carbocycles. The first kappa shape index (κ1) is 18.8. The van der Waals surface area contributed by atoms with Crippen LogP contribution >= 0.6 is 11.3 Å². The second-order valence-electron chi connectivity index (χ2n) is 6.67. The lowest BCUT2D eigenvalue weighted by Crippen LogP contribution is -2.13. The average molecular weight is 401 g/mol. The molecule has 0 atom stereocenters. The lowest BCUT2D eigenvalue weighted by atomic mass is 10.1. The SMILES string of the molecule is CC(=O)Nc1cccc(C(=O)Nc2ccc(Cc3nc4ccccc4s3)cc2)c1. The first-order valence-electron chi connectivity index (χ1n) is 9.19. The predicted octanol–water partition coefficient (Wildman–Crippen LogP) is 5.10. The number of rotatable bonds is 5. The summed E-state index contributed by atoms with van der Waals surface area (Å²) < 4.78 is 1.19. The van der Waals surface area contributed by atoms with E-state index in [0.717, 1.165) is 22.5 Å². The van der Waals surface area contributed by atoms with Crippen LogP contribution in [0.2, 0.25) is 0 Å². The third kappa shape index (κ3) is 4.67. The van der Waals surface area contributed by atoms with Gasteiger partial charge in [-0.2, -0.15) is 0 Å². The van der Waals surface area contributed by atoms with Crippen molar-refractivity contribution in [3.63, 3.8) is 0 Å². The van der Waals surface area contributed by atoms with Gasteiger partial charge in [0.2, 0.25) is 5.91 Å². The average Bonchev–Trinajstić information content (AvgIpc) is 3.11. The van der Waals surface area contributed by atoms with Gasteiger partial charge in [0.25, 0.3) is 5.91 Å². The van der Waals surface area contributed by atoms with Crippen LogP contribution in [0, 0.1) is 0 Å². The van der Waals surface area contributed by atoms with Crippen molar-refractivity contribution in [2.75, 3.05) is 10.6 Å². The largest absolute Gasteiger partial charge is 0.326 e. The molecule has 5 nitrogen and oxygen atoms in total. The zero-order chi connectivity index (χ0) is 20.2. The third-order valence-electron chi connectivity index (χ3n) is 4.35. The quantitative estimate of drug-likeness (QED) is 0.489. The molecule has 0 radical (unpaired) electrons. The molecule has 144 valence electrons. The zero-order valence-electron chi connectivity index (χ0n) is 15.8. The Bertz CT molecular complexity index is 1150. The number of carbonyl (C=O) groups is 2. The van der Waals surface area contributed by atoms with E-state index in [0.29, 0.717) is 16.9 Å². The second-order valence-corrected chi connectivity index (χ2v) is 7.78. The molecule has 3 aromatic carbocycles. The maximum Gasteiger partial charge on any atom is 0.255 e. The summed E-state index contributed by atoms with van der Waals surface area (Å²) in [6, 6.07) is 22.7. The highest BCUT2D eigenvalue weighted by Gasteiger charge is 2.08. The van der Waals surface area contributed by atoms with Crippen LogP contribution in [0.25, 0.3) is 10.2 Å². The van der Waals surface area contributed by atoms with Crippen LogP contribution in [-0.4, -0.2) is 16.8 Å². The fourth-order valence-electron chi connectivity index (χ4n) is 3.02. The summed E-state index contributed by atoms with van der Waals surface area (Å²) in [6.45, 7) is 1.43. The van der Waals surface area contributed by atoms with Crippen LogP contribution < -0.4 is 10.6 Å². The van der Waals surface area contributed by atoms with Crippen LogP contribution in [0.4, 0.5) is 11.4 Å². The van der Waals surface area contributed by atoms with Gasteiger partial charge >= 0.3 is 0 Å². The number of benzene rings is 3. The van der Waals surface area contributed by atoms with Gasteiger partial charge in [0.15, 0.2) is 0 Å². The molecule has 6 heteroatoms. The number of fused-ring (bicyclic) bond motifs is 1. The Labute approximate surface area is 172 Å². The van der Waals surface area contributed by atoms with Gasteiger partial charge in [-0.3, -0.25) is 9.59 Å². The molecule has 29 heavy (non-hydrogen) atoms. The summed E-state index contributed by atoms with van der Waals surface area (Å²) in [6.07, 6.45) is 0.756. The lowest BCUT2D eigenvalue weighted by molar-refractivity contribution is -0.114. The molecule has 0 aliphatic rings. The van der Waals surface area contributed by atoms with E-state index < -0.39 is 0 Å². The minimum Gasteiger partial charge on any atom is -0.326 e. The summed E-state index contributed by atoms with van der Waals surface area (Å²) in [7, 11) is 0. The van der Waals surface area contributed by atoms with E-state index in [2.05, 4.69) is 21.7 Å². The van der Waals surface area contributed by atoms with Crippen molar-refractivity contribution in [1.29, 1.82) is 0 Å². The van der Waals surface area contributed by atoms with Gasteiger partial charge in [0.1, 0.15) is 0 Å². The summed E-state index contributed by atoms with van der Waals surface area (Å²) >= 11 is 1.70. The number of aromatic nitrogens is 1. The van der Waals surface area contributed by atoms with E-state index in [9.17, 15) is 9.59 Å². The molecule has 4 rings (SSSR count). The molecule has 0 saturated carbocycles. The Hall–Kier alpha value is -3.51. The molecule has 4 aromatic rings. The highest BCUT2D eigenvalue weighted by molar-refractivity contribution is 7.18. The van der Waals surface area contributed by atoms with Gasteiger partial charge < -0.3 is 10.6 Å². The van der Waals surface area contributed by atoms with Crippen molar-refractivity contribution in [3.8, 4) is 0 Å². The lowest BCUT2D eigenvalue weighted by Gasteiger charge is -2.08. The first-order chi connectivity index (χ1) is 14.1. The molecule has 1 aromatic heterocycles. The van der Waals surface area contributed by atoms with Crippen LogP contribution in [0.5, 0.6) is 0 Å². The maximum atomic E-state index is 12.5. The predicted molar refractivity (Wildman–Crippen MR) is 118 cm³/mol. The number of hydrogen-bond acceptors (Lipinski definition) is 4. The van der Waals surface area contributed by atoms with Gasteiger partial charge in [-0.1, -0.05) is 30.3 Å². The molecular weight excluding hydrogens is 382 g/mol. The molecule has 2 N–H and O–H groups in total. The Kier molecular flexibility index (Phi) is 5.35. The number of nitrogens with zero attached hydrogens (tertiary/aromatic N) is 1. The fourth-order valence-corrected chi connectivity index (χ4v) is 4.02. The number of carbonyl (C=O) groups excluding carboxylic acids is 2. The topological polar surface area (TPSA) is 71.1 Å². The maximum absolute atomic E-state index is 12.5. The van der Waals surface area contributed by atoms with Gasteiger partial charge in [-0.25, -0.2) is 4.98 Å². The Morgan fingerprint density at radius 1 is 0.897 bits per heavy atom. The van der Waals surface area contributed by atoms with Crippen LogP contribution in [0.1, 0.15) is 27.9 Å². The highest BCUT2D eigenvalue weighted by Crippen LogP contribution is 2.24. The molecular formula is C23H19N3O2S. The molecule has 0 fully saturated rings. The number of anilines is 2. The monoisotopic (exact) mass is 401 g/mol. The van der Waals surface area contributed by atoms with Crippen molar-refractivity contribution >= 4 is 44.7 Å². The van der Waals surface area contributed by atoms with Crippen LogP contribution in [0.15, 0.2) is 72.8 Å². The summed E-state index contributed by atoms with van der Waals surface area (Å²) in [4.78, 5) is 28.3. The Morgan fingerprint density at radius 2 is 1.69 bits per heavy atom. The minimum atomic E-state index is -0.226. The van der Waals surface area contributed by atoms with Crippen molar-refractivity contribution in [2.24, 2.45) is 0 Å². The fraction of sp³-hybridized carbons (Fsp3) is 0.0870. The molecule has 0 spiro atoms. The second kappa shape index (κ2) is 8.24. The molecule has 1 heterocycles.